The average molecular weight is 285 g/mol. The highest BCUT2D eigenvalue weighted by Gasteiger charge is 2.13. The molecule has 1 aromatic carbocycles. The third-order valence-electron chi connectivity index (χ3n) is 3.23. The molecule has 0 saturated heterocycles. The van der Waals surface area contributed by atoms with Gasteiger partial charge in [-0.3, -0.25) is 0 Å². The van der Waals surface area contributed by atoms with Crippen molar-refractivity contribution in [2.75, 3.05) is 25.7 Å². The van der Waals surface area contributed by atoms with Crippen molar-refractivity contribution in [1.29, 1.82) is 0 Å². The van der Waals surface area contributed by atoms with E-state index in [1.165, 1.54) is 0 Å². The lowest BCUT2D eigenvalue weighted by molar-refractivity contribution is 0.413. The third-order valence-corrected chi connectivity index (χ3v) is 5.02. The van der Waals surface area contributed by atoms with Gasteiger partial charge in [0.1, 0.15) is 15.6 Å². The van der Waals surface area contributed by atoms with Gasteiger partial charge in [-0.2, -0.15) is 0 Å². The van der Waals surface area contributed by atoms with Gasteiger partial charge in [0.2, 0.25) is 0 Å². The summed E-state index contributed by atoms with van der Waals surface area (Å²) in [6, 6.07) is 8.01. The van der Waals surface area contributed by atoms with Crippen LogP contribution in [0, 0.1) is 0 Å². The van der Waals surface area contributed by atoms with Gasteiger partial charge in [0.15, 0.2) is 0 Å². The van der Waals surface area contributed by atoms with Crippen LogP contribution in [-0.2, 0) is 9.84 Å². The second kappa shape index (κ2) is 7.50. The molecular formula is C14H23NO3S. The normalized spacial score (nSPS) is 13.2. The maximum Gasteiger partial charge on any atom is 0.150 e. The van der Waals surface area contributed by atoms with Gasteiger partial charge in [-0.25, -0.2) is 8.42 Å². The molecule has 1 unspecified atom stereocenters. The highest BCUT2D eigenvalue weighted by molar-refractivity contribution is 7.91. The van der Waals surface area contributed by atoms with E-state index >= 15 is 0 Å². The zero-order valence-electron chi connectivity index (χ0n) is 11.8. The van der Waals surface area contributed by atoms with Crippen molar-refractivity contribution in [3.8, 4) is 5.75 Å². The Kier molecular flexibility index (Phi) is 6.31. The summed E-state index contributed by atoms with van der Waals surface area (Å²) < 4.78 is 28.1. The maximum atomic E-state index is 11.5. The molecule has 4 nitrogen and oxygen atoms in total. The molecule has 0 bridgehead atoms. The van der Waals surface area contributed by atoms with Crippen LogP contribution in [0.15, 0.2) is 24.3 Å². The molecular weight excluding hydrogens is 262 g/mol. The molecule has 0 amide bonds. The number of ether oxygens (including phenoxy) is 1. The van der Waals surface area contributed by atoms with Crippen molar-refractivity contribution in [2.24, 2.45) is 0 Å². The van der Waals surface area contributed by atoms with Crippen LogP contribution in [-0.4, -0.2) is 34.1 Å². The number of methoxy groups -OCH3 is 1. The molecule has 0 aromatic heterocycles. The SMILES string of the molecule is CCS(=O)(=O)CCCC(NC)c1cccc(OC)c1. The van der Waals surface area contributed by atoms with Crippen LogP contribution in [0.25, 0.3) is 0 Å². The minimum Gasteiger partial charge on any atom is -0.497 e. The van der Waals surface area contributed by atoms with Crippen molar-refractivity contribution in [2.45, 2.75) is 25.8 Å². The van der Waals surface area contributed by atoms with Gasteiger partial charge in [-0.1, -0.05) is 19.1 Å². The van der Waals surface area contributed by atoms with E-state index in [4.69, 9.17) is 4.74 Å². The Morgan fingerprint density at radius 1 is 1.37 bits per heavy atom. The van der Waals surface area contributed by atoms with Crippen LogP contribution in [0.1, 0.15) is 31.4 Å². The van der Waals surface area contributed by atoms with Gasteiger partial charge in [-0.05, 0) is 37.6 Å². The van der Waals surface area contributed by atoms with E-state index in [2.05, 4.69) is 5.32 Å². The second-order valence-electron chi connectivity index (χ2n) is 4.50. The fourth-order valence-corrected chi connectivity index (χ4v) is 2.88. The molecule has 1 N–H and O–H groups in total. The molecule has 108 valence electrons. The third kappa shape index (κ3) is 5.20. The summed E-state index contributed by atoms with van der Waals surface area (Å²) in [4.78, 5) is 0. The predicted molar refractivity (Wildman–Crippen MR) is 78.4 cm³/mol. The molecule has 0 fully saturated rings. The van der Waals surface area contributed by atoms with Crippen molar-refractivity contribution >= 4 is 9.84 Å². The first-order valence-corrected chi connectivity index (χ1v) is 8.36. The fraction of sp³-hybridized carbons (Fsp3) is 0.571. The van der Waals surface area contributed by atoms with Gasteiger partial charge in [0.25, 0.3) is 0 Å². The number of hydrogen-bond donors (Lipinski definition) is 1. The average Bonchev–Trinajstić information content (AvgIpc) is 2.43. The Morgan fingerprint density at radius 2 is 2.11 bits per heavy atom. The number of nitrogens with one attached hydrogen (secondary N) is 1. The standard InChI is InChI=1S/C14H23NO3S/c1-4-19(16,17)10-6-9-14(15-2)12-7-5-8-13(11-12)18-3/h5,7-8,11,14-15H,4,6,9-10H2,1-3H3. The van der Waals surface area contributed by atoms with E-state index in [1.807, 2.05) is 31.3 Å². The topological polar surface area (TPSA) is 55.4 Å². The zero-order chi connectivity index (χ0) is 14.3. The molecule has 19 heavy (non-hydrogen) atoms. The van der Waals surface area contributed by atoms with Gasteiger partial charge in [0.05, 0.1) is 12.9 Å². The summed E-state index contributed by atoms with van der Waals surface area (Å²) in [7, 11) is 0.657. The van der Waals surface area contributed by atoms with Crippen LogP contribution in [0.2, 0.25) is 0 Å². The van der Waals surface area contributed by atoms with E-state index < -0.39 is 9.84 Å². The lowest BCUT2D eigenvalue weighted by atomic mass is 10.0. The summed E-state index contributed by atoms with van der Waals surface area (Å²) in [6.07, 6.45) is 1.46. The number of sulfone groups is 1. The molecule has 1 rings (SSSR count). The molecule has 0 radical (unpaired) electrons. The van der Waals surface area contributed by atoms with Crippen molar-refractivity contribution < 1.29 is 13.2 Å². The monoisotopic (exact) mass is 285 g/mol. The quantitative estimate of drug-likeness (QED) is 0.795. The summed E-state index contributed by atoms with van der Waals surface area (Å²) in [5.74, 6) is 1.29. The molecule has 0 aliphatic carbocycles. The maximum absolute atomic E-state index is 11.5. The first-order chi connectivity index (χ1) is 9.02. The predicted octanol–water partition coefficient (Wildman–Crippen LogP) is 2.17. The van der Waals surface area contributed by atoms with Crippen molar-refractivity contribution in [3.05, 3.63) is 29.8 Å². The van der Waals surface area contributed by atoms with Crippen LogP contribution in [0.5, 0.6) is 5.75 Å². The zero-order valence-corrected chi connectivity index (χ0v) is 12.7. The van der Waals surface area contributed by atoms with Crippen molar-refractivity contribution in [1.82, 2.24) is 5.32 Å². The largest absolute Gasteiger partial charge is 0.497 e. The minimum absolute atomic E-state index is 0.155. The highest BCUT2D eigenvalue weighted by Crippen LogP contribution is 2.22. The molecule has 0 saturated carbocycles. The fourth-order valence-electron chi connectivity index (χ4n) is 1.99. The molecule has 1 aromatic rings. The smallest absolute Gasteiger partial charge is 0.150 e. The molecule has 0 heterocycles. The molecule has 0 spiro atoms. The first kappa shape index (κ1) is 16.0. The molecule has 0 aliphatic heterocycles. The molecule has 1 atom stereocenters. The van der Waals surface area contributed by atoms with Crippen molar-refractivity contribution in [3.63, 3.8) is 0 Å². The Bertz CT molecular complexity index is 485. The lowest BCUT2D eigenvalue weighted by Gasteiger charge is -2.17. The second-order valence-corrected chi connectivity index (χ2v) is 6.97. The Morgan fingerprint density at radius 3 is 2.68 bits per heavy atom. The minimum atomic E-state index is -2.87. The van der Waals surface area contributed by atoms with E-state index in [0.717, 1.165) is 17.7 Å². The van der Waals surface area contributed by atoms with Gasteiger partial charge >= 0.3 is 0 Å². The molecule has 5 heteroatoms. The van der Waals surface area contributed by atoms with E-state index in [-0.39, 0.29) is 17.5 Å². The Balaban J connectivity index is 2.63. The summed E-state index contributed by atoms with van der Waals surface area (Å²) in [5, 5.41) is 3.22. The van der Waals surface area contributed by atoms with Crippen LogP contribution < -0.4 is 10.1 Å². The van der Waals surface area contributed by atoms with Gasteiger partial charge in [-0.15, -0.1) is 0 Å². The summed E-state index contributed by atoms with van der Waals surface area (Å²) in [5.41, 5.74) is 1.12. The lowest BCUT2D eigenvalue weighted by Crippen LogP contribution is -2.18. The highest BCUT2D eigenvalue weighted by atomic mass is 32.2. The Hall–Kier alpha value is -1.07. The first-order valence-electron chi connectivity index (χ1n) is 6.54. The van der Waals surface area contributed by atoms with Crippen LogP contribution >= 0.6 is 0 Å². The Labute approximate surface area is 116 Å². The van der Waals surface area contributed by atoms with E-state index in [1.54, 1.807) is 14.0 Å². The van der Waals surface area contributed by atoms with E-state index in [0.29, 0.717) is 6.42 Å². The van der Waals surface area contributed by atoms with Gasteiger partial charge in [0, 0.05) is 11.8 Å². The molecule has 0 aliphatic rings. The van der Waals surface area contributed by atoms with Crippen LogP contribution in [0.3, 0.4) is 0 Å². The number of hydrogen-bond acceptors (Lipinski definition) is 4. The van der Waals surface area contributed by atoms with Gasteiger partial charge < -0.3 is 10.1 Å². The number of rotatable bonds is 8. The van der Waals surface area contributed by atoms with E-state index in [9.17, 15) is 8.42 Å². The van der Waals surface area contributed by atoms with Crippen LogP contribution in [0.4, 0.5) is 0 Å². The summed E-state index contributed by atoms with van der Waals surface area (Å²) >= 11 is 0. The number of benzene rings is 1. The summed E-state index contributed by atoms with van der Waals surface area (Å²) in [6.45, 7) is 1.69.